The lowest BCUT2D eigenvalue weighted by molar-refractivity contribution is -0.120. The van der Waals surface area contributed by atoms with Crippen molar-refractivity contribution in [3.8, 4) is 11.5 Å². The summed E-state index contributed by atoms with van der Waals surface area (Å²) in [6.07, 6.45) is 5.39. The molecule has 1 aromatic carbocycles. The summed E-state index contributed by atoms with van der Waals surface area (Å²) in [4.78, 5) is 24.2. The van der Waals surface area contributed by atoms with Crippen molar-refractivity contribution in [2.75, 3.05) is 19.5 Å². The van der Waals surface area contributed by atoms with Crippen LogP contribution in [-0.2, 0) is 4.79 Å². The fourth-order valence-corrected chi connectivity index (χ4v) is 2.91. The molecule has 25 heavy (non-hydrogen) atoms. The minimum absolute atomic E-state index is 0.159. The van der Waals surface area contributed by atoms with E-state index >= 15 is 0 Å². The van der Waals surface area contributed by atoms with E-state index in [1.165, 1.54) is 6.42 Å². The first-order valence-corrected chi connectivity index (χ1v) is 8.63. The molecule has 3 N–H and O–H groups in total. The molecule has 1 aliphatic rings. The van der Waals surface area contributed by atoms with E-state index in [1.807, 2.05) is 0 Å². The second-order valence-corrected chi connectivity index (χ2v) is 6.23. The first-order valence-electron chi connectivity index (χ1n) is 8.63. The zero-order valence-corrected chi connectivity index (χ0v) is 15.1. The molecule has 1 aliphatic carbocycles. The normalized spacial score (nSPS) is 15.8. The zero-order valence-electron chi connectivity index (χ0n) is 15.1. The highest BCUT2D eigenvalue weighted by atomic mass is 16.5. The van der Waals surface area contributed by atoms with Gasteiger partial charge < -0.3 is 20.1 Å². The van der Waals surface area contributed by atoms with Crippen molar-refractivity contribution < 1.29 is 19.1 Å². The van der Waals surface area contributed by atoms with Crippen molar-refractivity contribution >= 4 is 17.6 Å². The smallest absolute Gasteiger partial charge is 0.321 e. The quantitative estimate of drug-likeness (QED) is 0.735. The summed E-state index contributed by atoms with van der Waals surface area (Å²) in [5.74, 6) is 0.822. The van der Waals surface area contributed by atoms with Crippen LogP contribution in [0.3, 0.4) is 0 Å². The molecule has 3 amide bonds. The van der Waals surface area contributed by atoms with Gasteiger partial charge in [0.05, 0.1) is 19.9 Å². The maximum Gasteiger partial charge on any atom is 0.321 e. The third kappa shape index (κ3) is 5.55. The Kier molecular flexibility index (Phi) is 6.91. The molecule has 0 radical (unpaired) electrons. The van der Waals surface area contributed by atoms with E-state index in [-0.39, 0.29) is 6.04 Å². The molecule has 1 saturated carbocycles. The molecular formula is C18H27N3O4. The average Bonchev–Trinajstić information content (AvgIpc) is 2.62. The van der Waals surface area contributed by atoms with E-state index in [4.69, 9.17) is 9.47 Å². The highest BCUT2D eigenvalue weighted by molar-refractivity contribution is 5.98. The summed E-state index contributed by atoms with van der Waals surface area (Å²) in [7, 11) is 3.12. The first kappa shape index (κ1) is 18.9. The van der Waals surface area contributed by atoms with Crippen molar-refractivity contribution in [2.24, 2.45) is 0 Å². The molecule has 0 aromatic heterocycles. The van der Waals surface area contributed by atoms with Gasteiger partial charge in [-0.2, -0.15) is 0 Å². The molecule has 0 unspecified atom stereocenters. The SMILES string of the molecule is COc1ccc(N[C@H](C)C(=O)NC(=O)NC2CCCCC2)c(OC)c1. The molecule has 0 spiro atoms. The minimum Gasteiger partial charge on any atom is -0.497 e. The van der Waals surface area contributed by atoms with Crippen LogP contribution < -0.4 is 25.4 Å². The Morgan fingerprint density at radius 1 is 1.12 bits per heavy atom. The molecule has 2 rings (SSSR count). The molecule has 138 valence electrons. The van der Waals surface area contributed by atoms with Crippen LogP contribution in [0.5, 0.6) is 11.5 Å². The minimum atomic E-state index is -0.598. The highest BCUT2D eigenvalue weighted by Gasteiger charge is 2.20. The van der Waals surface area contributed by atoms with Gasteiger partial charge >= 0.3 is 6.03 Å². The summed E-state index contributed by atoms with van der Waals surface area (Å²) in [5, 5.41) is 8.31. The van der Waals surface area contributed by atoms with Crippen molar-refractivity contribution in [1.82, 2.24) is 10.6 Å². The second-order valence-electron chi connectivity index (χ2n) is 6.23. The summed E-state index contributed by atoms with van der Waals surface area (Å²) < 4.78 is 10.4. The molecule has 0 heterocycles. The van der Waals surface area contributed by atoms with E-state index in [9.17, 15) is 9.59 Å². The van der Waals surface area contributed by atoms with Crippen LogP contribution in [0.25, 0.3) is 0 Å². The Bertz CT molecular complexity index is 600. The number of anilines is 1. The molecular weight excluding hydrogens is 322 g/mol. The number of ether oxygens (including phenoxy) is 2. The maximum absolute atomic E-state index is 12.2. The average molecular weight is 349 g/mol. The van der Waals surface area contributed by atoms with Crippen molar-refractivity contribution in [2.45, 2.75) is 51.1 Å². The number of methoxy groups -OCH3 is 2. The standard InChI is InChI=1S/C18H27N3O4/c1-12(19-15-10-9-14(24-2)11-16(15)25-3)17(22)21-18(23)20-13-7-5-4-6-8-13/h9-13,19H,4-8H2,1-3H3,(H2,20,21,22,23)/t12-/m1/s1. The van der Waals surface area contributed by atoms with Gasteiger partial charge in [-0.3, -0.25) is 10.1 Å². The van der Waals surface area contributed by atoms with E-state index < -0.39 is 18.0 Å². The van der Waals surface area contributed by atoms with Crippen LogP contribution in [0.4, 0.5) is 10.5 Å². The number of hydrogen-bond acceptors (Lipinski definition) is 5. The Morgan fingerprint density at radius 3 is 2.48 bits per heavy atom. The molecule has 0 bridgehead atoms. The molecule has 0 saturated heterocycles. The lowest BCUT2D eigenvalue weighted by Crippen LogP contribution is -2.49. The zero-order chi connectivity index (χ0) is 18.2. The summed E-state index contributed by atoms with van der Waals surface area (Å²) in [6.45, 7) is 1.69. The fraction of sp³-hybridized carbons (Fsp3) is 0.556. The number of imide groups is 1. The first-order chi connectivity index (χ1) is 12.0. The number of carbonyl (C=O) groups is 2. The van der Waals surface area contributed by atoms with Gasteiger partial charge in [-0.25, -0.2) is 4.79 Å². The Morgan fingerprint density at radius 2 is 1.84 bits per heavy atom. The predicted molar refractivity (Wildman–Crippen MR) is 96.2 cm³/mol. The van der Waals surface area contributed by atoms with Gasteiger partial charge in [-0.05, 0) is 31.9 Å². The number of rotatable bonds is 6. The number of carbonyl (C=O) groups excluding carboxylic acids is 2. The van der Waals surface area contributed by atoms with Gasteiger partial charge in [0, 0.05) is 12.1 Å². The van der Waals surface area contributed by atoms with Crippen molar-refractivity contribution in [3.63, 3.8) is 0 Å². The third-order valence-corrected chi connectivity index (χ3v) is 4.35. The van der Waals surface area contributed by atoms with Crippen LogP contribution in [0.1, 0.15) is 39.0 Å². The monoisotopic (exact) mass is 349 g/mol. The summed E-state index contributed by atoms with van der Waals surface area (Å²) >= 11 is 0. The van der Waals surface area contributed by atoms with E-state index in [0.717, 1.165) is 25.7 Å². The van der Waals surface area contributed by atoms with Crippen LogP contribution in [-0.4, -0.2) is 38.2 Å². The van der Waals surface area contributed by atoms with E-state index in [1.54, 1.807) is 39.3 Å². The number of hydrogen-bond donors (Lipinski definition) is 3. The lowest BCUT2D eigenvalue weighted by atomic mass is 9.96. The number of nitrogens with one attached hydrogen (secondary N) is 3. The molecule has 7 heteroatoms. The number of urea groups is 1. The molecule has 0 aliphatic heterocycles. The van der Waals surface area contributed by atoms with Gasteiger partial charge in [-0.1, -0.05) is 19.3 Å². The molecule has 1 fully saturated rings. The third-order valence-electron chi connectivity index (χ3n) is 4.35. The summed E-state index contributed by atoms with van der Waals surface area (Å²) in [5.41, 5.74) is 0.652. The topological polar surface area (TPSA) is 88.7 Å². The van der Waals surface area contributed by atoms with Gasteiger partial charge in [0.1, 0.15) is 17.5 Å². The Balaban J connectivity index is 1.88. The van der Waals surface area contributed by atoms with E-state index in [2.05, 4.69) is 16.0 Å². The van der Waals surface area contributed by atoms with Crippen LogP contribution >= 0.6 is 0 Å². The summed E-state index contributed by atoms with van der Waals surface area (Å²) in [6, 6.07) is 4.38. The van der Waals surface area contributed by atoms with Crippen molar-refractivity contribution in [3.05, 3.63) is 18.2 Å². The Labute approximate surface area is 148 Å². The fourth-order valence-electron chi connectivity index (χ4n) is 2.91. The maximum atomic E-state index is 12.2. The van der Waals surface area contributed by atoms with E-state index in [0.29, 0.717) is 17.2 Å². The largest absolute Gasteiger partial charge is 0.497 e. The molecule has 1 aromatic rings. The molecule has 1 atom stereocenters. The highest BCUT2D eigenvalue weighted by Crippen LogP contribution is 2.29. The van der Waals surface area contributed by atoms with Crippen molar-refractivity contribution in [1.29, 1.82) is 0 Å². The van der Waals surface area contributed by atoms with Crippen LogP contribution in [0.15, 0.2) is 18.2 Å². The predicted octanol–water partition coefficient (Wildman–Crippen LogP) is 2.66. The Hall–Kier alpha value is -2.44. The van der Waals surface area contributed by atoms with Gasteiger partial charge in [0.15, 0.2) is 0 Å². The number of benzene rings is 1. The second kappa shape index (κ2) is 9.15. The van der Waals surface area contributed by atoms with Crippen LogP contribution in [0, 0.1) is 0 Å². The lowest BCUT2D eigenvalue weighted by Gasteiger charge is -2.23. The molecule has 7 nitrogen and oxygen atoms in total. The van der Waals surface area contributed by atoms with Gasteiger partial charge in [0.2, 0.25) is 5.91 Å². The number of amides is 3. The van der Waals surface area contributed by atoms with Gasteiger partial charge in [0.25, 0.3) is 0 Å². The van der Waals surface area contributed by atoms with Gasteiger partial charge in [-0.15, -0.1) is 0 Å². The van der Waals surface area contributed by atoms with Crippen LogP contribution in [0.2, 0.25) is 0 Å².